The first-order valence-corrected chi connectivity index (χ1v) is 12.3. The van der Waals surface area contributed by atoms with Crippen LogP contribution in [0.1, 0.15) is 30.2 Å². The summed E-state index contributed by atoms with van der Waals surface area (Å²) >= 11 is 0. The van der Waals surface area contributed by atoms with Crippen molar-refractivity contribution in [1.82, 2.24) is 19.9 Å². The molecule has 6 rings (SSSR count). The van der Waals surface area contributed by atoms with E-state index in [4.69, 9.17) is 23.9 Å². The minimum Gasteiger partial charge on any atom is -0.495 e. The lowest BCUT2D eigenvalue weighted by Gasteiger charge is -2.52. The molecular formula is C27H30N6O3. The van der Waals surface area contributed by atoms with Gasteiger partial charge in [0, 0.05) is 61.5 Å². The molecule has 2 saturated heterocycles. The first kappa shape index (κ1) is 22.7. The van der Waals surface area contributed by atoms with Gasteiger partial charge in [-0.25, -0.2) is 19.9 Å². The number of ether oxygens (including phenoxy) is 2. The van der Waals surface area contributed by atoms with Crippen molar-refractivity contribution in [2.24, 2.45) is 5.41 Å². The molecule has 4 aromatic rings. The number of oxazole rings is 1. The molecule has 2 aliphatic rings. The van der Waals surface area contributed by atoms with Crippen LogP contribution in [0.15, 0.2) is 34.9 Å². The SMILES string of the molecule is COc1cc(-c2nc(C)oc2C)ccc1Nc1ncc2cc(C)nc(N3CC4(CCOCC4)C3)c2n1. The Labute approximate surface area is 209 Å². The number of aryl methyl sites for hydroxylation is 3. The molecular weight excluding hydrogens is 456 g/mol. The number of nitrogens with one attached hydrogen (secondary N) is 1. The molecule has 2 fully saturated rings. The Balaban J connectivity index is 1.30. The Morgan fingerprint density at radius 3 is 2.56 bits per heavy atom. The lowest BCUT2D eigenvalue weighted by Crippen LogP contribution is -2.59. The quantitative estimate of drug-likeness (QED) is 0.419. The molecule has 0 aliphatic carbocycles. The summed E-state index contributed by atoms with van der Waals surface area (Å²) in [6.07, 6.45) is 4.08. The summed E-state index contributed by atoms with van der Waals surface area (Å²) in [7, 11) is 1.65. The lowest BCUT2D eigenvalue weighted by molar-refractivity contribution is -0.000372. The van der Waals surface area contributed by atoms with Gasteiger partial charge in [-0.1, -0.05) is 6.07 Å². The topological polar surface area (TPSA) is 98.4 Å². The molecule has 9 heteroatoms. The molecule has 0 amide bonds. The highest BCUT2D eigenvalue weighted by Gasteiger charge is 2.45. The maximum Gasteiger partial charge on any atom is 0.227 e. The first-order chi connectivity index (χ1) is 17.4. The fraction of sp³-hybridized carbons (Fsp3) is 0.407. The second kappa shape index (κ2) is 8.74. The second-order valence-corrected chi connectivity index (χ2v) is 9.86. The van der Waals surface area contributed by atoms with Gasteiger partial charge in [0.25, 0.3) is 0 Å². The predicted molar refractivity (Wildman–Crippen MR) is 138 cm³/mol. The third-order valence-electron chi connectivity index (χ3n) is 7.21. The van der Waals surface area contributed by atoms with E-state index in [9.17, 15) is 0 Å². The molecule has 36 heavy (non-hydrogen) atoms. The van der Waals surface area contributed by atoms with Gasteiger partial charge in [0.1, 0.15) is 22.7 Å². The fourth-order valence-electron chi connectivity index (χ4n) is 5.33. The molecule has 3 aromatic heterocycles. The maximum atomic E-state index is 5.67. The van der Waals surface area contributed by atoms with E-state index >= 15 is 0 Å². The van der Waals surface area contributed by atoms with Crippen molar-refractivity contribution in [2.75, 3.05) is 43.6 Å². The van der Waals surface area contributed by atoms with Crippen molar-refractivity contribution in [3.8, 4) is 17.0 Å². The van der Waals surface area contributed by atoms with E-state index in [2.05, 4.69) is 20.2 Å². The number of methoxy groups -OCH3 is 1. The van der Waals surface area contributed by atoms with Gasteiger partial charge < -0.3 is 24.1 Å². The van der Waals surface area contributed by atoms with Crippen LogP contribution in [0.3, 0.4) is 0 Å². The number of anilines is 3. The van der Waals surface area contributed by atoms with Crippen molar-refractivity contribution >= 4 is 28.4 Å². The summed E-state index contributed by atoms with van der Waals surface area (Å²) in [6.45, 7) is 9.45. The molecule has 1 N–H and O–H groups in total. The normalized spacial score (nSPS) is 16.8. The van der Waals surface area contributed by atoms with Crippen LogP contribution in [0.4, 0.5) is 17.5 Å². The standard InChI is InChI=1S/C27H30N6O3/c1-16-11-20-13-28-26(32-24(20)25(29-16)33-14-27(15-33)7-9-35-10-8-27)31-21-6-5-19(12-22(21)34-4)23-17(2)36-18(3)30-23/h5-6,11-13H,7-10,14-15H2,1-4H3,(H,28,31,32). The van der Waals surface area contributed by atoms with E-state index in [0.717, 1.165) is 84.3 Å². The minimum atomic E-state index is 0.347. The van der Waals surface area contributed by atoms with Crippen LogP contribution in [0.5, 0.6) is 5.75 Å². The summed E-state index contributed by atoms with van der Waals surface area (Å²) in [5.41, 5.74) is 4.66. The number of benzene rings is 1. The fourth-order valence-corrected chi connectivity index (χ4v) is 5.33. The van der Waals surface area contributed by atoms with E-state index in [0.29, 0.717) is 23.0 Å². The molecule has 186 valence electrons. The molecule has 0 atom stereocenters. The average Bonchev–Trinajstić information content (AvgIpc) is 3.20. The van der Waals surface area contributed by atoms with Crippen molar-refractivity contribution in [3.05, 3.63) is 47.8 Å². The number of hydrogen-bond donors (Lipinski definition) is 1. The van der Waals surface area contributed by atoms with Gasteiger partial charge in [0.15, 0.2) is 11.7 Å². The van der Waals surface area contributed by atoms with Crippen LogP contribution in [0.2, 0.25) is 0 Å². The number of pyridine rings is 1. The van der Waals surface area contributed by atoms with E-state index in [-0.39, 0.29) is 0 Å². The molecule has 0 unspecified atom stereocenters. The van der Waals surface area contributed by atoms with Gasteiger partial charge in [0.2, 0.25) is 5.95 Å². The van der Waals surface area contributed by atoms with Crippen molar-refractivity contribution < 1.29 is 13.9 Å². The summed E-state index contributed by atoms with van der Waals surface area (Å²) in [5.74, 6) is 3.50. The third-order valence-corrected chi connectivity index (χ3v) is 7.21. The number of hydrogen-bond acceptors (Lipinski definition) is 9. The number of aromatic nitrogens is 4. The number of fused-ring (bicyclic) bond motifs is 1. The molecule has 9 nitrogen and oxygen atoms in total. The molecule has 0 saturated carbocycles. The zero-order chi connectivity index (χ0) is 24.9. The van der Waals surface area contributed by atoms with Crippen LogP contribution in [0, 0.1) is 26.2 Å². The largest absolute Gasteiger partial charge is 0.495 e. The highest BCUT2D eigenvalue weighted by Crippen LogP contribution is 2.43. The van der Waals surface area contributed by atoms with Gasteiger partial charge in [0.05, 0.1) is 12.8 Å². The first-order valence-electron chi connectivity index (χ1n) is 12.3. The van der Waals surface area contributed by atoms with Crippen LogP contribution in [-0.4, -0.2) is 53.3 Å². The Morgan fingerprint density at radius 1 is 1.03 bits per heavy atom. The van der Waals surface area contributed by atoms with Crippen molar-refractivity contribution in [1.29, 1.82) is 0 Å². The van der Waals surface area contributed by atoms with Crippen LogP contribution >= 0.6 is 0 Å². The van der Waals surface area contributed by atoms with Crippen LogP contribution in [-0.2, 0) is 4.74 Å². The summed E-state index contributed by atoms with van der Waals surface area (Å²) < 4.78 is 16.8. The van der Waals surface area contributed by atoms with E-state index in [1.165, 1.54) is 0 Å². The van der Waals surface area contributed by atoms with Gasteiger partial charge >= 0.3 is 0 Å². The molecule has 2 aliphatic heterocycles. The zero-order valence-electron chi connectivity index (χ0n) is 21.1. The highest BCUT2D eigenvalue weighted by atomic mass is 16.5. The summed E-state index contributed by atoms with van der Waals surface area (Å²) in [5, 5.41) is 4.32. The zero-order valence-corrected chi connectivity index (χ0v) is 21.1. The smallest absolute Gasteiger partial charge is 0.227 e. The number of nitrogens with zero attached hydrogens (tertiary/aromatic N) is 5. The van der Waals surface area contributed by atoms with E-state index in [1.807, 2.05) is 51.2 Å². The monoisotopic (exact) mass is 486 g/mol. The molecule has 0 bridgehead atoms. The highest BCUT2D eigenvalue weighted by molar-refractivity contribution is 5.90. The summed E-state index contributed by atoms with van der Waals surface area (Å²) in [6, 6.07) is 7.91. The van der Waals surface area contributed by atoms with Crippen LogP contribution in [0.25, 0.3) is 22.2 Å². The maximum absolute atomic E-state index is 5.67. The Hall–Kier alpha value is -3.72. The van der Waals surface area contributed by atoms with E-state index in [1.54, 1.807) is 7.11 Å². The third kappa shape index (κ3) is 4.03. The Bertz CT molecular complexity index is 1440. The summed E-state index contributed by atoms with van der Waals surface area (Å²) in [4.78, 5) is 21.2. The van der Waals surface area contributed by atoms with Crippen molar-refractivity contribution in [2.45, 2.75) is 33.6 Å². The Morgan fingerprint density at radius 2 is 1.83 bits per heavy atom. The van der Waals surface area contributed by atoms with E-state index < -0.39 is 0 Å². The van der Waals surface area contributed by atoms with Gasteiger partial charge in [-0.15, -0.1) is 0 Å². The Kier molecular flexibility index (Phi) is 5.52. The molecule has 1 spiro atoms. The van der Waals surface area contributed by atoms with Gasteiger partial charge in [-0.3, -0.25) is 0 Å². The molecule has 5 heterocycles. The number of rotatable bonds is 5. The van der Waals surface area contributed by atoms with Gasteiger partial charge in [-0.05, 0) is 44.9 Å². The van der Waals surface area contributed by atoms with Gasteiger partial charge in [-0.2, -0.15) is 0 Å². The lowest BCUT2D eigenvalue weighted by atomic mass is 9.73. The van der Waals surface area contributed by atoms with Crippen molar-refractivity contribution in [3.63, 3.8) is 0 Å². The molecule has 0 radical (unpaired) electrons. The predicted octanol–water partition coefficient (Wildman–Crippen LogP) is 4.97. The molecule has 1 aromatic carbocycles. The second-order valence-electron chi connectivity index (χ2n) is 9.86. The van der Waals surface area contributed by atoms with Crippen LogP contribution < -0.4 is 15.0 Å². The minimum absolute atomic E-state index is 0.347. The average molecular weight is 487 g/mol.